The third-order valence-corrected chi connectivity index (χ3v) is 3.87. The van der Waals surface area contributed by atoms with E-state index in [1.807, 2.05) is 6.29 Å². The Bertz CT molecular complexity index is 340. The van der Waals surface area contributed by atoms with Crippen LogP contribution in [0.15, 0.2) is 0 Å². The van der Waals surface area contributed by atoms with Crippen molar-refractivity contribution in [1.82, 2.24) is 0 Å². The second-order valence-corrected chi connectivity index (χ2v) is 6.31. The fourth-order valence-electron chi connectivity index (χ4n) is 2.26. The second kappa shape index (κ2) is 25.2. The summed E-state index contributed by atoms with van der Waals surface area (Å²) in [5, 5.41) is 16.3. The zero-order chi connectivity index (χ0) is 19.3. The summed E-state index contributed by atoms with van der Waals surface area (Å²) in [5.41, 5.74) is 5.00. The van der Waals surface area contributed by atoms with Crippen molar-refractivity contribution >= 4 is 18.2 Å². The van der Waals surface area contributed by atoms with Crippen LogP contribution < -0.4 is 57.1 Å². The monoisotopic (exact) mass is 397 g/mol. The number of carbonyl (C=O) groups is 2. The van der Waals surface area contributed by atoms with Crippen LogP contribution in [0.25, 0.3) is 0 Å². The number of hydrogen-bond acceptors (Lipinski definition) is 4. The third kappa shape index (κ3) is 29.0. The van der Waals surface area contributed by atoms with Crippen LogP contribution in [0.1, 0.15) is 96.8 Å². The fourth-order valence-corrected chi connectivity index (χ4v) is 2.26. The summed E-state index contributed by atoms with van der Waals surface area (Å²) >= 11 is 0. The molecule has 1 atom stereocenters. The Hall–Kier alpha value is 0.206. The molecule has 0 bridgehead atoms. The second-order valence-electron chi connectivity index (χ2n) is 6.31. The molecule has 0 amide bonds. The van der Waals surface area contributed by atoms with Crippen LogP contribution in [0.3, 0.4) is 0 Å². The van der Waals surface area contributed by atoms with E-state index in [-0.39, 0.29) is 64.2 Å². The zero-order valence-electron chi connectivity index (χ0n) is 16.7. The molecule has 0 aliphatic rings. The molecule has 0 aliphatic carbocycles. The normalized spacial score (nSPS) is 10.8. The van der Waals surface area contributed by atoms with Crippen LogP contribution in [0.4, 0.5) is 0 Å². The molecule has 0 heterocycles. The minimum Gasteiger partial charge on any atom is -0.542 e. The van der Waals surface area contributed by atoms with Gasteiger partial charge in [-0.1, -0.05) is 77.6 Å². The van der Waals surface area contributed by atoms with E-state index in [2.05, 4.69) is 6.92 Å². The predicted molar refractivity (Wildman–Crippen MR) is 99.3 cm³/mol. The maximum Gasteiger partial charge on any atom is 1.00 e. The van der Waals surface area contributed by atoms with E-state index in [1.54, 1.807) is 0 Å². The van der Waals surface area contributed by atoms with Gasteiger partial charge in [-0.3, -0.25) is 15.9 Å². The molecule has 0 radical (unpaired) electrons. The summed E-state index contributed by atoms with van der Waals surface area (Å²) in [4.78, 5) is 29.8. The maximum atomic E-state index is 9.99. The van der Waals surface area contributed by atoms with Crippen molar-refractivity contribution < 1.29 is 76.0 Å². The standard InChI is InChI=1S/C14H27O.C5H9NO4.K/c1-2-3-4-5-6-7-8-9-10-11-12-13-14-15;6-3(5(9)10)1-2-4(7)8;/h2-13H2,1H3;3H,1-2,6H2,(H,7,8)(H,9,10);/q-1;;+1. The van der Waals surface area contributed by atoms with E-state index in [4.69, 9.17) is 15.9 Å². The van der Waals surface area contributed by atoms with Crippen molar-refractivity contribution in [2.45, 2.75) is 103 Å². The summed E-state index contributed by atoms with van der Waals surface area (Å²) < 4.78 is 0. The van der Waals surface area contributed by atoms with Crippen LogP contribution in [-0.2, 0) is 14.4 Å². The molecule has 0 aromatic carbocycles. The zero-order valence-corrected chi connectivity index (χ0v) is 19.8. The van der Waals surface area contributed by atoms with Crippen LogP contribution in [0, 0.1) is 0 Å². The van der Waals surface area contributed by atoms with Crippen molar-refractivity contribution in [1.29, 1.82) is 0 Å². The Morgan fingerprint density at radius 1 is 0.885 bits per heavy atom. The first-order valence-corrected chi connectivity index (χ1v) is 9.50. The smallest absolute Gasteiger partial charge is 0.542 e. The van der Waals surface area contributed by atoms with Crippen molar-refractivity contribution in [2.24, 2.45) is 5.73 Å². The van der Waals surface area contributed by atoms with Gasteiger partial charge in [-0.15, -0.1) is 0 Å². The molecule has 26 heavy (non-hydrogen) atoms. The molecule has 7 heteroatoms. The van der Waals surface area contributed by atoms with Gasteiger partial charge < -0.3 is 20.7 Å². The summed E-state index contributed by atoms with van der Waals surface area (Å²) in [5.74, 6) is -2.20. The van der Waals surface area contributed by atoms with Crippen LogP contribution in [0.2, 0.25) is 0 Å². The van der Waals surface area contributed by atoms with Gasteiger partial charge >= 0.3 is 63.3 Å². The molecule has 0 aliphatic heterocycles. The molecule has 0 aromatic rings. The molecule has 6 nitrogen and oxygen atoms in total. The van der Waals surface area contributed by atoms with Gasteiger partial charge in [-0.2, -0.15) is 6.42 Å². The van der Waals surface area contributed by atoms with E-state index < -0.39 is 18.0 Å². The first kappa shape index (κ1) is 30.9. The van der Waals surface area contributed by atoms with E-state index in [1.165, 1.54) is 64.2 Å². The number of carboxylic acids is 2. The molecule has 0 spiro atoms. The van der Waals surface area contributed by atoms with Crippen molar-refractivity contribution in [3.8, 4) is 0 Å². The largest absolute Gasteiger partial charge is 1.00 e. The molecule has 0 rings (SSSR count). The first-order chi connectivity index (χ1) is 12.0. The first-order valence-electron chi connectivity index (χ1n) is 9.50. The Morgan fingerprint density at radius 2 is 1.31 bits per heavy atom. The molecule has 4 N–H and O–H groups in total. The summed E-state index contributed by atoms with van der Waals surface area (Å²) in [7, 11) is 0. The van der Waals surface area contributed by atoms with Gasteiger partial charge in [0, 0.05) is 6.42 Å². The topological polar surface area (TPSA) is 118 Å². The molecule has 0 saturated carbocycles. The van der Waals surface area contributed by atoms with Gasteiger partial charge in [0.05, 0.1) is 0 Å². The number of carbonyl (C=O) groups excluding carboxylic acids is 1. The number of hydrogen-bond donors (Lipinski definition) is 3. The molecular formula is C19H36KNO5. The van der Waals surface area contributed by atoms with E-state index in [9.17, 15) is 14.4 Å². The average Bonchev–Trinajstić information content (AvgIpc) is 2.58. The van der Waals surface area contributed by atoms with Gasteiger partial charge in [0.15, 0.2) is 0 Å². The third-order valence-electron chi connectivity index (χ3n) is 3.87. The molecule has 0 aromatic heterocycles. The van der Waals surface area contributed by atoms with Gasteiger partial charge in [0.2, 0.25) is 0 Å². The number of rotatable bonds is 16. The SMILES string of the molecule is CCCCCCCCCCCCC[C-]=O.NC(CCC(=O)O)C(=O)O.[K+]. The summed E-state index contributed by atoms with van der Waals surface area (Å²) in [6, 6.07) is -1.06. The molecule has 1 unspecified atom stereocenters. The quantitative estimate of drug-likeness (QED) is 0.204. The predicted octanol–water partition coefficient (Wildman–Crippen LogP) is 1.06. The minimum absolute atomic E-state index is 0. The van der Waals surface area contributed by atoms with Crippen molar-refractivity contribution in [3.05, 3.63) is 0 Å². The molecule has 148 valence electrons. The number of nitrogens with two attached hydrogens (primary N) is 1. The molecule has 0 saturated heterocycles. The van der Waals surface area contributed by atoms with Crippen molar-refractivity contribution in [3.63, 3.8) is 0 Å². The Kier molecular flexibility index (Phi) is 30.0. The van der Waals surface area contributed by atoms with E-state index in [0.29, 0.717) is 6.42 Å². The van der Waals surface area contributed by atoms with Crippen LogP contribution in [0.5, 0.6) is 0 Å². The van der Waals surface area contributed by atoms with E-state index in [0.717, 1.165) is 6.42 Å². The van der Waals surface area contributed by atoms with Gasteiger partial charge in [0.1, 0.15) is 6.04 Å². The average molecular weight is 398 g/mol. The fraction of sp³-hybridized carbons (Fsp3) is 0.842. The van der Waals surface area contributed by atoms with Crippen LogP contribution in [-0.4, -0.2) is 34.5 Å². The Labute approximate surface area is 201 Å². The minimum atomic E-state index is -1.17. The molecular weight excluding hydrogens is 361 g/mol. The number of unbranched alkanes of at least 4 members (excludes halogenated alkanes) is 11. The maximum absolute atomic E-state index is 9.99. The summed E-state index contributed by atoms with van der Waals surface area (Å²) in [6.45, 7) is 2.26. The van der Waals surface area contributed by atoms with Gasteiger partial charge in [0.25, 0.3) is 0 Å². The Balaban J connectivity index is -0.000000422. The van der Waals surface area contributed by atoms with Gasteiger partial charge in [-0.05, 0) is 6.42 Å². The molecule has 0 fully saturated rings. The summed E-state index contributed by atoms with van der Waals surface area (Å²) in [6.07, 6.45) is 17.1. The van der Waals surface area contributed by atoms with E-state index >= 15 is 0 Å². The van der Waals surface area contributed by atoms with Gasteiger partial charge in [-0.25, -0.2) is 0 Å². The number of carboxylic acid groups (broad SMARTS) is 2. The number of aliphatic carboxylic acids is 2. The Morgan fingerprint density at radius 3 is 1.65 bits per heavy atom. The van der Waals surface area contributed by atoms with Crippen LogP contribution >= 0.6 is 0 Å². The van der Waals surface area contributed by atoms with Crippen molar-refractivity contribution in [2.75, 3.05) is 0 Å².